The van der Waals surface area contributed by atoms with E-state index in [0.29, 0.717) is 11.9 Å². The average molecular weight is 2360 g/mol. The van der Waals surface area contributed by atoms with Crippen LogP contribution in [0.25, 0.3) is 116 Å². The Morgan fingerprint density at radius 1 is 0.511 bits per heavy atom. The van der Waals surface area contributed by atoms with E-state index < -0.39 is 11.6 Å². The van der Waals surface area contributed by atoms with E-state index in [-0.39, 0.29) is 77.4 Å². The van der Waals surface area contributed by atoms with Crippen LogP contribution in [0.3, 0.4) is 0 Å². The first-order chi connectivity index (χ1) is 66.5. The van der Waals surface area contributed by atoms with Gasteiger partial charge in [0.1, 0.15) is 17.3 Å². The molecule has 0 aliphatic carbocycles. The molecule has 139 heavy (non-hydrogen) atoms. The number of carbonyl (C=O) groups excluding carboxylic acids is 1. The van der Waals surface area contributed by atoms with Gasteiger partial charge in [-0.2, -0.15) is 105 Å². The number of aromatic nitrogens is 2. The van der Waals surface area contributed by atoms with Crippen molar-refractivity contribution in [2.45, 2.75) is 46.7 Å². The van der Waals surface area contributed by atoms with E-state index >= 15 is 0 Å². The van der Waals surface area contributed by atoms with Crippen LogP contribution in [0.4, 0.5) is 42.9 Å². The van der Waals surface area contributed by atoms with Gasteiger partial charge < -0.3 is 63.4 Å². The molecular formula is C118H97F2Ir3N12O4-9. The molecule has 16 nitrogen and oxygen atoms in total. The number of fused-ring (bicyclic) bond motifs is 12. The van der Waals surface area contributed by atoms with Crippen molar-refractivity contribution in [1.29, 1.82) is 0 Å². The number of hydrogen-bond acceptors (Lipinski definition) is 15. The number of likely N-dealkylation sites (N-methyl/N-ethyl adjacent to an activating group) is 1. The molecule has 0 spiro atoms. The van der Waals surface area contributed by atoms with Gasteiger partial charge in [0.2, 0.25) is 0 Å². The van der Waals surface area contributed by atoms with Gasteiger partial charge in [-0.15, -0.1) is 65.1 Å². The number of allylic oxidation sites excluding steroid dienone is 4. The predicted molar refractivity (Wildman–Crippen MR) is 550 cm³/mol. The number of benzene rings is 14. The second-order valence-corrected chi connectivity index (χ2v) is 32.7. The summed E-state index contributed by atoms with van der Waals surface area (Å²) in [5.41, 5.74) is 21.7. The minimum Gasteiger partial charge on any atom is -0.661 e. The van der Waals surface area contributed by atoms with Gasteiger partial charge in [0.15, 0.2) is 11.4 Å². The van der Waals surface area contributed by atoms with Gasteiger partial charge in [0.25, 0.3) is 0 Å². The molecule has 703 valence electrons. The standard InChI is InChI=1S/C27H18N.C21H20N4.C17H14N2O.C17H17N2.C16H12N2O.C15H8F2N.C5H8O2.3Ir/c1-4-10-20(11-5-1)23-16-17-26-25(18-23)24(21-12-6-2-7-13-21)19-27(28-26)22-14-8-3-9-15-22;1-3-8-20(9-4-1)24-16-14-22(18-24)12-7-13-23-15-17-25(19-23)21-10-5-2-6-11-21;1-18-8-9-19-15(18)10-11-6-7-13-12-4-2-3-5-14(12)20-17(13)16(11)19;1-14(18-16-9-5-3-6-10-16)13-15(2)19-17-11-7-4-8-12-17;1-17-9-10-18(11-17)14-7-4-6-13-12-5-2-3-8-15(12)19-16(13)14;16-11-5-6-13(14(17)9-11)15-12-4-2-1-3-10(12)7-8-18-15;1-4(6)3-5(2)7;;;/h1-14,16-19H;1-6,8,10,14-19H,7,12-13H2;2-9,15H,10H2,1H3;3-13H,1-2H3;2-6,8-11H,1H3;1-5,7-9H;3,6H,1-2H3;;;/q-1;-4;;-1;-2;-1;;;;. The summed E-state index contributed by atoms with van der Waals surface area (Å²) in [7, 11) is 4.12. The summed E-state index contributed by atoms with van der Waals surface area (Å²) < 4.78 is 38.8. The summed E-state index contributed by atoms with van der Waals surface area (Å²) in [5, 5.41) is 20.5. The Labute approximate surface area is 851 Å². The van der Waals surface area contributed by atoms with Crippen LogP contribution >= 0.6 is 0 Å². The molecule has 9 heterocycles. The number of aliphatic imine (C=N–C) groups is 1. The SMILES string of the molecule is CC(=CC(C)=Nc1ccccc1)[N-]c1ccccc1.CC(=O)C=C(C)O.CN1C=CN(c2[c-]ccc3c2oc2ccccc23)[CH-]1.CN1C=CN2c3c(ccc4c3oc3ccccc34)CC12.Fc1c[c-]c(-c2nccc3ccccc23)c(F)c1.[Ir].[Ir].[Ir].[c-]1ccccc1-c1cc(-c2ccccc2)c2cc(-c3ccccc3)ccc2n1.[c-]1ccccc1N1C=CN(CCCN2C=CN(c3[c-]cccc3)[CH-]2)[CH-]1. The Bertz CT molecular complexity index is 7330. The number of carbonyl (C=O) groups is 1. The quantitative estimate of drug-likeness (QED) is 0.0424. The molecule has 0 saturated heterocycles. The van der Waals surface area contributed by atoms with Crippen molar-refractivity contribution in [3.8, 4) is 44.8 Å². The van der Waals surface area contributed by atoms with E-state index in [4.69, 9.17) is 18.9 Å². The van der Waals surface area contributed by atoms with Gasteiger partial charge >= 0.3 is 0 Å². The molecule has 0 amide bonds. The van der Waals surface area contributed by atoms with Crippen molar-refractivity contribution in [3.63, 3.8) is 0 Å². The number of halogens is 2. The Balaban J connectivity index is 0.000000131. The molecule has 23 rings (SSSR count). The molecule has 1 N–H and O–H groups in total. The van der Waals surface area contributed by atoms with Crippen LogP contribution in [-0.4, -0.2) is 79.5 Å². The third kappa shape index (κ3) is 25.3. The van der Waals surface area contributed by atoms with Crippen LogP contribution in [0.1, 0.15) is 39.7 Å². The molecule has 5 aliphatic rings. The first-order valence-electron chi connectivity index (χ1n) is 44.8. The van der Waals surface area contributed by atoms with Crippen molar-refractivity contribution < 1.29 is 87.8 Å². The van der Waals surface area contributed by atoms with Crippen LogP contribution < -0.4 is 19.6 Å². The van der Waals surface area contributed by atoms with E-state index in [9.17, 15) is 13.6 Å². The van der Waals surface area contributed by atoms with E-state index in [1.54, 1.807) is 6.20 Å². The van der Waals surface area contributed by atoms with Gasteiger partial charge in [-0.25, -0.2) is 0 Å². The van der Waals surface area contributed by atoms with Crippen LogP contribution in [-0.2, 0) is 71.5 Å². The molecule has 21 heteroatoms. The summed E-state index contributed by atoms with van der Waals surface area (Å²) >= 11 is 0. The number of aliphatic hydroxyl groups is 1. The summed E-state index contributed by atoms with van der Waals surface area (Å²) in [4.78, 5) is 40.9. The van der Waals surface area contributed by atoms with E-state index in [2.05, 4.69) is 254 Å². The van der Waals surface area contributed by atoms with Gasteiger partial charge in [0.05, 0.1) is 22.7 Å². The average Bonchev–Trinajstić information content (AvgIpc) is 1.57. The zero-order valence-electron chi connectivity index (χ0n) is 77.0. The molecule has 0 bridgehead atoms. The second-order valence-electron chi connectivity index (χ2n) is 32.7. The second kappa shape index (κ2) is 48.2. The molecule has 4 aromatic heterocycles. The number of anilines is 4. The fourth-order valence-corrected chi connectivity index (χ4v) is 16.4. The number of furan rings is 2. The number of hydrogen-bond donors (Lipinski definition) is 1. The molecule has 1 unspecified atom stereocenters. The minimum absolute atomic E-state index is 0. The van der Waals surface area contributed by atoms with Gasteiger partial charge in [-0.1, -0.05) is 230 Å². The summed E-state index contributed by atoms with van der Waals surface area (Å²) in [6.07, 6.45) is 23.9. The van der Waals surface area contributed by atoms with Crippen LogP contribution in [0, 0.1) is 62.0 Å². The van der Waals surface area contributed by atoms with Crippen molar-refractivity contribution in [1.82, 2.24) is 29.6 Å². The summed E-state index contributed by atoms with van der Waals surface area (Å²) in [5.74, 6) is -1.36. The molecule has 5 aliphatic heterocycles. The van der Waals surface area contributed by atoms with Crippen molar-refractivity contribution in [2.75, 3.05) is 46.8 Å². The topological polar surface area (TPSA) is 142 Å². The maximum absolute atomic E-state index is 13.8. The smallest absolute Gasteiger partial charge is 0.159 e. The van der Waals surface area contributed by atoms with E-state index in [0.717, 1.165) is 144 Å². The van der Waals surface area contributed by atoms with Gasteiger partial charge in [-0.05, 0) is 177 Å². The van der Waals surface area contributed by atoms with E-state index in [1.165, 1.54) is 64.2 Å². The predicted octanol–water partition coefficient (Wildman–Crippen LogP) is 28.7. The van der Waals surface area contributed by atoms with Gasteiger partial charge in [0, 0.05) is 143 Å². The first kappa shape index (κ1) is 100. The number of aliphatic hydroxyl groups excluding tert-OH is 1. The molecule has 0 saturated carbocycles. The van der Waals surface area contributed by atoms with Gasteiger partial charge in [-0.3, -0.25) is 23.6 Å². The van der Waals surface area contributed by atoms with Crippen LogP contribution in [0.15, 0.2) is 427 Å². The first-order valence-corrected chi connectivity index (χ1v) is 44.8. The number of nitrogens with zero attached hydrogens (tertiary/aromatic N) is 12. The zero-order chi connectivity index (χ0) is 93.6. The fraction of sp³-hybridized carbons (Fsp3) is 0.0932. The minimum atomic E-state index is -0.654. The van der Waals surface area contributed by atoms with Crippen molar-refractivity contribution in [3.05, 3.63) is 486 Å². The van der Waals surface area contributed by atoms with Crippen molar-refractivity contribution >= 4 is 111 Å². The number of ketones is 1. The normalized spacial score (nSPS) is 13.7. The Hall–Kier alpha value is -14.9. The molecule has 1 atom stereocenters. The monoisotopic (exact) mass is 2360 g/mol. The molecule has 3 radical (unpaired) electrons. The Morgan fingerprint density at radius 2 is 1.09 bits per heavy atom. The van der Waals surface area contributed by atoms with Crippen molar-refractivity contribution in [2.24, 2.45) is 4.99 Å². The molecule has 0 fully saturated rings. The summed E-state index contributed by atoms with van der Waals surface area (Å²) in [6, 6.07) is 125. The molecular weight excluding hydrogens is 2260 g/mol. The van der Waals surface area contributed by atoms with Crippen LogP contribution in [0.5, 0.6) is 0 Å². The molecule has 18 aromatic rings. The zero-order valence-corrected chi connectivity index (χ0v) is 84.2. The Kier molecular flexibility index (Phi) is 34.7. The number of pyridine rings is 2. The molecule has 14 aromatic carbocycles. The maximum Gasteiger partial charge on any atom is 0.159 e. The number of rotatable bonds is 16. The van der Waals surface area contributed by atoms with Crippen LogP contribution in [0.2, 0.25) is 0 Å². The largest absolute Gasteiger partial charge is 0.661 e. The van der Waals surface area contributed by atoms with E-state index in [1.807, 2.05) is 256 Å². The fourth-order valence-electron chi connectivity index (χ4n) is 16.4. The maximum atomic E-state index is 13.8. The summed E-state index contributed by atoms with van der Waals surface area (Å²) in [6.45, 7) is 15.0. The third-order valence-corrected chi connectivity index (χ3v) is 22.7. The number of para-hydroxylation sites is 6. The third-order valence-electron chi connectivity index (χ3n) is 22.7. The Morgan fingerprint density at radius 3 is 1.70 bits per heavy atom.